The quantitative estimate of drug-likeness (QED) is 0.699. The second kappa shape index (κ2) is 5.11. The molecule has 0 aliphatic rings. The molecule has 0 spiro atoms. The van der Waals surface area contributed by atoms with E-state index in [1.807, 2.05) is 12.1 Å². The molecule has 1 aromatic rings. The molecule has 1 heteroatoms. The topological polar surface area (TPSA) is 12.9 Å². The highest BCUT2D eigenvalue weighted by Gasteiger charge is 2.24. The van der Waals surface area contributed by atoms with Gasteiger partial charge in [-0.25, -0.2) is 0 Å². The van der Waals surface area contributed by atoms with Crippen LogP contribution in [0.25, 0.3) is 6.08 Å². The highest BCUT2D eigenvalue weighted by Crippen LogP contribution is 2.31. The third-order valence-corrected chi connectivity index (χ3v) is 3.18. The van der Waals surface area contributed by atoms with E-state index in [-0.39, 0.29) is 5.41 Å². The van der Waals surface area contributed by atoms with E-state index in [9.17, 15) is 0 Å². The van der Waals surface area contributed by atoms with Crippen LogP contribution in [0, 0.1) is 0 Å². The molecular weight excluding hydrogens is 182 g/mol. The molecule has 1 heterocycles. The fraction of sp³-hybridized carbons (Fsp3) is 0.500. The van der Waals surface area contributed by atoms with Crippen LogP contribution in [0.15, 0.2) is 24.8 Å². The molecule has 1 aromatic heterocycles. The van der Waals surface area contributed by atoms with Gasteiger partial charge in [0.1, 0.15) is 0 Å². The van der Waals surface area contributed by atoms with Gasteiger partial charge in [0.25, 0.3) is 0 Å². The molecule has 0 radical (unpaired) electrons. The van der Waals surface area contributed by atoms with Crippen LogP contribution in [0.5, 0.6) is 0 Å². The lowest BCUT2D eigenvalue weighted by Crippen LogP contribution is -2.22. The third kappa shape index (κ3) is 2.68. The maximum atomic E-state index is 4.63. The molecule has 0 fully saturated rings. The Morgan fingerprint density at radius 1 is 1.40 bits per heavy atom. The summed E-state index contributed by atoms with van der Waals surface area (Å²) in [5.74, 6) is 0. The van der Waals surface area contributed by atoms with E-state index >= 15 is 0 Å². The first-order valence-corrected chi connectivity index (χ1v) is 5.76. The number of rotatable bonds is 5. The molecule has 1 rings (SSSR count). The zero-order valence-electron chi connectivity index (χ0n) is 10.1. The second-order valence-electron chi connectivity index (χ2n) is 4.32. The highest BCUT2D eigenvalue weighted by atomic mass is 14.7. The second-order valence-corrected chi connectivity index (χ2v) is 4.32. The summed E-state index contributed by atoms with van der Waals surface area (Å²) in [4.78, 5) is 4.63. The molecule has 0 saturated heterocycles. The molecule has 15 heavy (non-hydrogen) atoms. The van der Waals surface area contributed by atoms with E-state index in [1.165, 1.54) is 18.5 Å². The van der Waals surface area contributed by atoms with Gasteiger partial charge in [-0.05, 0) is 31.1 Å². The van der Waals surface area contributed by atoms with Gasteiger partial charge in [-0.2, -0.15) is 0 Å². The molecule has 1 atom stereocenters. The van der Waals surface area contributed by atoms with Crippen LogP contribution in [0.2, 0.25) is 0 Å². The van der Waals surface area contributed by atoms with Crippen LogP contribution in [0.4, 0.5) is 0 Å². The minimum atomic E-state index is 0.216. The largest absolute Gasteiger partial charge is 0.253 e. The highest BCUT2D eigenvalue weighted by molar-refractivity contribution is 5.42. The standard InChI is InChI=1S/C14H21N/c1-5-11-14(4,7-3)13-10-8-9-12(6-2)15-13/h6,8-10H,2,5,7,11H2,1,3-4H3. The lowest BCUT2D eigenvalue weighted by atomic mass is 9.79. The smallest absolute Gasteiger partial charge is 0.0627 e. The molecule has 1 unspecified atom stereocenters. The third-order valence-electron chi connectivity index (χ3n) is 3.18. The van der Waals surface area contributed by atoms with Crippen LogP contribution >= 0.6 is 0 Å². The van der Waals surface area contributed by atoms with Gasteiger partial charge in [0.05, 0.1) is 5.69 Å². The number of hydrogen-bond acceptors (Lipinski definition) is 1. The zero-order chi connectivity index (χ0) is 11.3. The van der Waals surface area contributed by atoms with Crippen molar-refractivity contribution in [2.24, 2.45) is 0 Å². The number of hydrogen-bond donors (Lipinski definition) is 0. The first-order chi connectivity index (χ1) is 7.16. The van der Waals surface area contributed by atoms with E-state index in [0.29, 0.717) is 0 Å². The first kappa shape index (κ1) is 12.0. The van der Waals surface area contributed by atoms with Gasteiger partial charge in [-0.1, -0.05) is 39.8 Å². The fourth-order valence-electron chi connectivity index (χ4n) is 1.94. The van der Waals surface area contributed by atoms with Crippen molar-refractivity contribution < 1.29 is 0 Å². The summed E-state index contributed by atoms with van der Waals surface area (Å²) < 4.78 is 0. The summed E-state index contributed by atoms with van der Waals surface area (Å²) in [6.07, 6.45) is 5.33. The Morgan fingerprint density at radius 3 is 2.67 bits per heavy atom. The van der Waals surface area contributed by atoms with Gasteiger partial charge in [-0.3, -0.25) is 4.98 Å². The van der Waals surface area contributed by atoms with Gasteiger partial charge in [-0.15, -0.1) is 0 Å². The van der Waals surface area contributed by atoms with Gasteiger partial charge >= 0.3 is 0 Å². The Balaban J connectivity index is 3.05. The molecule has 0 bridgehead atoms. The Labute approximate surface area is 93.2 Å². The van der Waals surface area contributed by atoms with Crippen LogP contribution in [-0.4, -0.2) is 4.98 Å². The molecule has 0 saturated carbocycles. The Hall–Kier alpha value is -1.11. The maximum Gasteiger partial charge on any atom is 0.0627 e. The summed E-state index contributed by atoms with van der Waals surface area (Å²) >= 11 is 0. The predicted molar refractivity (Wildman–Crippen MR) is 66.9 cm³/mol. The Bertz CT molecular complexity index is 330. The average molecular weight is 203 g/mol. The molecule has 0 N–H and O–H groups in total. The Morgan fingerprint density at radius 2 is 2.13 bits per heavy atom. The van der Waals surface area contributed by atoms with Gasteiger partial charge in [0.15, 0.2) is 0 Å². The van der Waals surface area contributed by atoms with Crippen molar-refractivity contribution in [3.63, 3.8) is 0 Å². The molecule has 0 amide bonds. The van der Waals surface area contributed by atoms with Gasteiger partial charge < -0.3 is 0 Å². The van der Waals surface area contributed by atoms with Crippen molar-refractivity contribution in [1.82, 2.24) is 4.98 Å². The lowest BCUT2D eigenvalue weighted by Gasteiger charge is -2.27. The van der Waals surface area contributed by atoms with Crippen molar-refractivity contribution in [2.45, 2.75) is 45.4 Å². The molecule has 82 valence electrons. The summed E-state index contributed by atoms with van der Waals surface area (Å²) in [6.45, 7) is 10.5. The summed E-state index contributed by atoms with van der Waals surface area (Å²) in [7, 11) is 0. The summed E-state index contributed by atoms with van der Waals surface area (Å²) in [5, 5.41) is 0. The summed E-state index contributed by atoms with van der Waals surface area (Å²) in [6, 6.07) is 6.20. The molecular formula is C14H21N. The average Bonchev–Trinajstić information content (AvgIpc) is 2.29. The normalized spacial score (nSPS) is 14.6. The molecule has 0 aliphatic carbocycles. The molecule has 1 nitrogen and oxygen atoms in total. The Kier molecular flexibility index (Phi) is 4.07. The molecule has 0 aromatic carbocycles. The van der Waals surface area contributed by atoms with E-state index in [1.54, 1.807) is 0 Å². The van der Waals surface area contributed by atoms with E-state index in [4.69, 9.17) is 0 Å². The predicted octanol–water partition coefficient (Wildman–Crippen LogP) is 4.19. The van der Waals surface area contributed by atoms with Crippen molar-refractivity contribution in [3.05, 3.63) is 36.2 Å². The van der Waals surface area contributed by atoms with E-state index < -0.39 is 0 Å². The van der Waals surface area contributed by atoms with Gasteiger partial charge in [0.2, 0.25) is 0 Å². The van der Waals surface area contributed by atoms with E-state index in [2.05, 4.69) is 44.5 Å². The zero-order valence-corrected chi connectivity index (χ0v) is 10.1. The maximum absolute atomic E-state index is 4.63. The van der Waals surface area contributed by atoms with Crippen molar-refractivity contribution in [1.29, 1.82) is 0 Å². The van der Waals surface area contributed by atoms with Crippen molar-refractivity contribution >= 4 is 6.08 Å². The minimum absolute atomic E-state index is 0.216. The lowest BCUT2D eigenvalue weighted by molar-refractivity contribution is 0.402. The SMILES string of the molecule is C=Cc1cccc(C(C)(CC)CCC)n1. The van der Waals surface area contributed by atoms with E-state index in [0.717, 1.165) is 12.1 Å². The summed E-state index contributed by atoms with van der Waals surface area (Å²) in [5.41, 5.74) is 2.39. The number of pyridine rings is 1. The monoisotopic (exact) mass is 203 g/mol. The number of aromatic nitrogens is 1. The van der Waals surface area contributed by atoms with Crippen LogP contribution in [0.1, 0.15) is 51.4 Å². The van der Waals surface area contributed by atoms with Crippen molar-refractivity contribution in [3.8, 4) is 0 Å². The van der Waals surface area contributed by atoms with Crippen LogP contribution in [-0.2, 0) is 5.41 Å². The fourth-order valence-corrected chi connectivity index (χ4v) is 1.94. The van der Waals surface area contributed by atoms with Gasteiger partial charge in [0, 0.05) is 11.1 Å². The first-order valence-electron chi connectivity index (χ1n) is 5.76. The van der Waals surface area contributed by atoms with Crippen LogP contribution < -0.4 is 0 Å². The van der Waals surface area contributed by atoms with Crippen molar-refractivity contribution in [2.75, 3.05) is 0 Å². The minimum Gasteiger partial charge on any atom is -0.253 e. The van der Waals surface area contributed by atoms with Crippen LogP contribution in [0.3, 0.4) is 0 Å². The molecule has 0 aliphatic heterocycles. The number of nitrogens with zero attached hydrogens (tertiary/aromatic N) is 1.